The molecular weight excluding hydrogens is 274 g/mol. The second-order valence-corrected chi connectivity index (χ2v) is 4.98. The third-order valence-electron chi connectivity index (χ3n) is 3.47. The fourth-order valence-electron chi connectivity index (χ4n) is 2.06. The summed E-state index contributed by atoms with van der Waals surface area (Å²) in [5, 5.41) is 14.1. The number of amides is 1. The molecule has 1 saturated carbocycles. The lowest BCUT2D eigenvalue weighted by atomic mass is 9.85. The van der Waals surface area contributed by atoms with Crippen LogP contribution in [0.4, 0.5) is 11.6 Å². The van der Waals surface area contributed by atoms with Crippen molar-refractivity contribution in [3.05, 3.63) is 18.5 Å². The zero-order valence-electron chi connectivity index (χ0n) is 11.3. The summed E-state index contributed by atoms with van der Waals surface area (Å²) in [6, 6.07) is 1.53. The molecule has 0 unspecified atom stereocenters. The highest BCUT2D eigenvalue weighted by Gasteiger charge is 2.25. The van der Waals surface area contributed by atoms with Gasteiger partial charge in [0, 0.05) is 12.0 Å². The van der Waals surface area contributed by atoms with Gasteiger partial charge in [-0.25, -0.2) is 4.68 Å². The number of aromatic nitrogens is 5. The van der Waals surface area contributed by atoms with Gasteiger partial charge in [-0.1, -0.05) is 11.6 Å². The quantitative estimate of drug-likeness (QED) is 0.825. The van der Waals surface area contributed by atoms with E-state index < -0.39 is 0 Å². The lowest BCUT2D eigenvalue weighted by Gasteiger charge is -2.23. The van der Waals surface area contributed by atoms with E-state index in [2.05, 4.69) is 20.7 Å². The Kier molecular flexibility index (Phi) is 3.38. The maximum Gasteiger partial charge on any atom is 0.270 e. The Bertz CT molecular complexity index is 671. The summed E-state index contributed by atoms with van der Waals surface area (Å²) in [7, 11) is 0. The van der Waals surface area contributed by atoms with Gasteiger partial charge in [0.15, 0.2) is 5.82 Å². The normalized spacial score (nSPS) is 14.7. The van der Waals surface area contributed by atoms with Crippen molar-refractivity contribution in [2.24, 2.45) is 5.92 Å². The molecule has 2 aromatic rings. The Morgan fingerprint density at radius 1 is 1.43 bits per heavy atom. The highest BCUT2D eigenvalue weighted by molar-refractivity contribution is 5.92. The smallest absolute Gasteiger partial charge is 0.270 e. The molecule has 3 rings (SSSR count). The number of anilines is 2. The summed E-state index contributed by atoms with van der Waals surface area (Å²) in [4.78, 5) is 23.7. The molecule has 3 N–H and O–H groups in total. The highest BCUT2D eigenvalue weighted by Crippen LogP contribution is 2.27. The lowest BCUT2D eigenvalue weighted by Crippen LogP contribution is -2.28. The van der Waals surface area contributed by atoms with Gasteiger partial charge in [-0.3, -0.25) is 9.59 Å². The van der Waals surface area contributed by atoms with E-state index in [0.29, 0.717) is 5.82 Å². The van der Waals surface area contributed by atoms with Gasteiger partial charge in [0.1, 0.15) is 12.4 Å². The SMILES string of the molecule is Nc1ccnn1C(=O)Cn1cc(NC(=O)C2CCC2)nn1. The number of hydrogen-bond acceptors (Lipinski definition) is 6. The van der Waals surface area contributed by atoms with Gasteiger partial charge >= 0.3 is 0 Å². The van der Waals surface area contributed by atoms with Crippen molar-refractivity contribution >= 4 is 23.5 Å². The van der Waals surface area contributed by atoms with Crippen LogP contribution in [-0.2, 0) is 11.3 Å². The van der Waals surface area contributed by atoms with Crippen LogP contribution in [0.25, 0.3) is 0 Å². The molecule has 1 aliphatic carbocycles. The lowest BCUT2D eigenvalue weighted by molar-refractivity contribution is -0.122. The molecule has 9 nitrogen and oxygen atoms in total. The van der Waals surface area contributed by atoms with Gasteiger partial charge in [-0.05, 0) is 12.8 Å². The third kappa shape index (κ3) is 2.76. The van der Waals surface area contributed by atoms with Gasteiger partial charge in [0.25, 0.3) is 5.91 Å². The van der Waals surface area contributed by atoms with Crippen molar-refractivity contribution in [3.8, 4) is 0 Å². The maximum atomic E-state index is 11.9. The minimum Gasteiger partial charge on any atom is -0.383 e. The van der Waals surface area contributed by atoms with Crippen molar-refractivity contribution in [2.45, 2.75) is 25.8 Å². The van der Waals surface area contributed by atoms with Crippen LogP contribution in [0.3, 0.4) is 0 Å². The molecular formula is C12H15N7O2. The van der Waals surface area contributed by atoms with E-state index in [9.17, 15) is 9.59 Å². The van der Waals surface area contributed by atoms with E-state index in [1.54, 1.807) is 0 Å². The summed E-state index contributed by atoms with van der Waals surface area (Å²) in [6.45, 7) is -0.0574. The van der Waals surface area contributed by atoms with Gasteiger partial charge in [-0.2, -0.15) is 9.78 Å². The number of carbonyl (C=O) groups excluding carboxylic acids is 2. The van der Waals surface area contributed by atoms with E-state index in [1.807, 2.05) is 0 Å². The van der Waals surface area contributed by atoms with Crippen LogP contribution in [0.1, 0.15) is 24.1 Å². The van der Waals surface area contributed by atoms with Crippen LogP contribution in [0.5, 0.6) is 0 Å². The molecule has 0 aromatic carbocycles. The first-order chi connectivity index (χ1) is 10.1. The molecule has 2 heterocycles. The van der Waals surface area contributed by atoms with Crippen LogP contribution in [0.15, 0.2) is 18.5 Å². The van der Waals surface area contributed by atoms with Gasteiger partial charge in [0.05, 0.1) is 12.4 Å². The Hall–Kier alpha value is -2.71. The molecule has 0 atom stereocenters. The fraction of sp³-hybridized carbons (Fsp3) is 0.417. The molecule has 2 aromatic heterocycles. The molecule has 1 fully saturated rings. The number of nitrogens with zero attached hydrogens (tertiary/aromatic N) is 5. The van der Waals surface area contributed by atoms with E-state index >= 15 is 0 Å². The van der Waals surface area contributed by atoms with Gasteiger partial charge in [0.2, 0.25) is 5.91 Å². The van der Waals surface area contributed by atoms with E-state index in [4.69, 9.17) is 5.73 Å². The first-order valence-corrected chi connectivity index (χ1v) is 6.67. The Balaban J connectivity index is 1.61. The van der Waals surface area contributed by atoms with Crippen molar-refractivity contribution in [1.29, 1.82) is 0 Å². The number of nitrogen functional groups attached to an aromatic ring is 1. The number of nitrogens with two attached hydrogens (primary N) is 1. The highest BCUT2D eigenvalue weighted by atomic mass is 16.2. The molecule has 0 radical (unpaired) electrons. The summed E-state index contributed by atoms with van der Waals surface area (Å²) in [5.41, 5.74) is 5.60. The molecule has 1 aliphatic rings. The molecule has 0 saturated heterocycles. The minimum atomic E-state index is -0.334. The summed E-state index contributed by atoms with van der Waals surface area (Å²) in [6.07, 6.45) is 5.87. The molecule has 0 bridgehead atoms. The third-order valence-corrected chi connectivity index (χ3v) is 3.47. The predicted octanol–water partition coefficient (Wildman–Crippen LogP) is 0.136. The second-order valence-electron chi connectivity index (χ2n) is 4.98. The molecule has 110 valence electrons. The first-order valence-electron chi connectivity index (χ1n) is 6.67. The van der Waals surface area contributed by atoms with Crippen molar-refractivity contribution in [2.75, 3.05) is 11.1 Å². The number of hydrogen-bond donors (Lipinski definition) is 2. The predicted molar refractivity (Wildman–Crippen MR) is 73.3 cm³/mol. The molecule has 21 heavy (non-hydrogen) atoms. The van der Waals surface area contributed by atoms with Crippen LogP contribution in [-0.4, -0.2) is 36.6 Å². The first kappa shape index (κ1) is 13.3. The minimum absolute atomic E-state index is 0.0454. The van der Waals surface area contributed by atoms with Crippen molar-refractivity contribution in [1.82, 2.24) is 24.8 Å². The monoisotopic (exact) mass is 289 g/mol. The Labute approximate surface area is 120 Å². The average Bonchev–Trinajstić information content (AvgIpc) is 2.96. The number of rotatable bonds is 4. The fourth-order valence-corrected chi connectivity index (χ4v) is 2.06. The van der Waals surface area contributed by atoms with Gasteiger partial charge < -0.3 is 11.1 Å². The summed E-state index contributed by atoms with van der Waals surface area (Å²) < 4.78 is 2.42. The standard InChI is InChI=1S/C12H15N7O2/c13-9-4-5-14-19(9)11(20)7-18-6-10(16-17-18)15-12(21)8-2-1-3-8/h4-6,8H,1-3,7,13H2,(H,15,21). The second kappa shape index (κ2) is 5.35. The summed E-state index contributed by atoms with van der Waals surface area (Å²) in [5.74, 6) is 0.294. The number of carbonyl (C=O) groups is 2. The van der Waals surface area contributed by atoms with Crippen LogP contribution in [0.2, 0.25) is 0 Å². The van der Waals surface area contributed by atoms with Gasteiger partial charge in [-0.15, -0.1) is 5.10 Å². The topological polar surface area (TPSA) is 121 Å². The van der Waals surface area contributed by atoms with Crippen LogP contribution < -0.4 is 11.1 Å². The largest absolute Gasteiger partial charge is 0.383 e. The average molecular weight is 289 g/mol. The molecule has 9 heteroatoms. The molecule has 0 aliphatic heterocycles. The van der Waals surface area contributed by atoms with E-state index in [0.717, 1.165) is 23.9 Å². The van der Waals surface area contributed by atoms with Crippen molar-refractivity contribution < 1.29 is 9.59 Å². The maximum absolute atomic E-state index is 11.9. The van der Waals surface area contributed by atoms with Crippen LogP contribution in [0, 0.1) is 5.92 Å². The zero-order chi connectivity index (χ0) is 14.8. The summed E-state index contributed by atoms with van der Waals surface area (Å²) >= 11 is 0. The molecule has 1 amide bonds. The zero-order valence-corrected chi connectivity index (χ0v) is 11.3. The Morgan fingerprint density at radius 3 is 2.86 bits per heavy atom. The van der Waals surface area contributed by atoms with E-state index in [1.165, 1.54) is 23.1 Å². The Morgan fingerprint density at radius 2 is 2.24 bits per heavy atom. The number of nitrogens with one attached hydrogen (secondary N) is 1. The van der Waals surface area contributed by atoms with E-state index in [-0.39, 0.29) is 30.1 Å². The van der Waals surface area contributed by atoms with Crippen LogP contribution >= 0.6 is 0 Å². The van der Waals surface area contributed by atoms with Crippen molar-refractivity contribution in [3.63, 3.8) is 0 Å². The molecule has 0 spiro atoms.